The Morgan fingerprint density at radius 1 is 1.21 bits per heavy atom. The first-order valence-corrected chi connectivity index (χ1v) is 8.32. The molecule has 5 nitrogen and oxygen atoms in total. The first kappa shape index (κ1) is 16.8. The van der Waals surface area contributed by atoms with E-state index in [0.29, 0.717) is 0 Å². The van der Waals surface area contributed by atoms with Gasteiger partial charge in [0.2, 0.25) is 0 Å². The van der Waals surface area contributed by atoms with E-state index in [2.05, 4.69) is 30.2 Å². The highest BCUT2D eigenvalue weighted by molar-refractivity contribution is 5.67. The molecule has 0 bridgehead atoms. The van der Waals surface area contributed by atoms with Crippen LogP contribution in [0.5, 0.6) is 11.5 Å². The molecule has 1 aliphatic heterocycles. The molecule has 0 radical (unpaired) electrons. The van der Waals surface area contributed by atoms with Crippen LogP contribution in [0.1, 0.15) is 31.7 Å². The minimum atomic E-state index is -0.250. The number of rotatable bonds is 4. The number of fused-ring (bicyclic) bond motifs is 1. The summed E-state index contributed by atoms with van der Waals surface area (Å²) in [6.07, 6.45) is 4.93. The van der Waals surface area contributed by atoms with E-state index in [9.17, 15) is 4.79 Å². The molecule has 1 saturated heterocycles. The largest absolute Gasteiger partial charge is 0.493 e. The van der Waals surface area contributed by atoms with E-state index >= 15 is 0 Å². The van der Waals surface area contributed by atoms with Gasteiger partial charge in [-0.25, -0.2) is 0 Å². The minimum absolute atomic E-state index is 0.0257. The molecule has 0 unspecified atom stereocenters. The Morgan fingerprint density at radius 2 is 1.96 bits per heavy atom. The van der Waals surface area contributed by atoms with Crippen LogP contribution in [0.4, 0.5) is 0 Å². The molecule has 1 aromatic rings. The van der Waals surface area contributed by atoms with Gasteiger partial charge in [-0.1, -0.05) is 6.07 Å². The maximum atomic E-state index is 11.3. The average Bonchev–Trinajstić information content (AvgIpc) is 2.91. The lowest BCUT2D eigenvalue weighted by Crippen LogP contribution is -2.42. The second-order valence-corrected chi connectivity index (χ2v) is 6.63. The number of nitrogens with zero attached hydrogens (tertiary/aromatic N) is 1. The fourth-order valence-corrected chi connectivity index (χ4v) is 4.13. The average molecular weight is 331 g/mol. The fraction of sp³-hybridized carbons (Fsp3) is 0.526. The predicted molar refractivity (Wildman–Crippen MR) is 91.3 cm³/mol. The monoisotopic (exact) mass is 331 g/mol. The van der Waals surface area contributed by atoms with Crippen molar-refractivity contribution in [1.82, 2.24) is 4.90 Å². The third-order valence-corrected chi connectivity index (χ3v) is 5.35. The van der Waals surface area contributed by atoms with Gasteiger partial charge in [-0.2, -0.15) is 0 Å². The van der Waals surface area contributed by atoms with Crippen molar-refractivity contribution in [3.63, 3.8) is 0 Å². The summed E-state index contributed by atoms with van der Waals surface area (Å²) in [6, 6.07) is 6.43. The zero-order valence-corrected chi connectivity index (χ0v) is 14.8. The molecule has 1 heterocycles. The van der Waals surface area contributed by atoms with Crippen molar-refractivity contribution in [3.05, 3.63) is 35.6 Å². The first-order valence-electron chi connectivity index (χ1n) is 8.32. The van der Waals surface area contributed by atoms with Crippen LogP contribution in [0, 0.1) is 0 Å². The smallest absolute Gasteiger partial charge is 0.307 e. The Kier molecular flexibility index (Phi) is 4.54. The summed E-state index contributed by atoms with van der Waals surface area (Å²) in [6.45, 7) is 2.47. The van der Waals surface area contributed by atoms with Gasteiger partial charge < -0.3 is 14.2 Å². The quantitative estimate of drug-likeness (QED) is 0.794. The van der Waals surface area contributed by atoms with Crippen molar-refractivity contribution in [2.45, 2.75) is 37.6 Å². The highest BCUT2D eigenvalue weighted by atomic mass is 16.5. The molecule has 24 heavy (non-hydrogen) atoms. The lowest BCUT2D eigenvalue weighted by molar-refractivity contribution is -0.137. The Bertz CT molecular complexity index is 669. The van der Waals surface area contributed by atoms with Crippen LogP contribution in [-0.2, 0) is 14.9 Å². The van der Waals surface area contributed by atoms with Gasteiger partial charge in [0.25, 0.3) is 0 Å². The third-order valence-electron chi connectivity index (χ3n) is 5.35. The standard InChI is InChI=1S/C19H25NO4/c1-13(21)24-15-7-8-19(9-10-20(2)18(19)12-15)14-5-6-16(22-3)17(11-14)23-4/h5-6,11-12,18H,7-10H2,1-4H3/t18-,19-/m0/s1. The van der Waals surface area contributed by atoms with Crippen molar-refractivity contribution in [2.75, 3.05) is 27.8 Å². The molecule has 1 fully saturated rings. The van der Waals surface area contributed by atoms with Crippen LogP contribution in [-0.4, -0.2) is 44.7 Å². The molecule has 0 amide bonds. The third kappa shape index (κ3) is 2.77. The Morgan fingerprint density at radius 3 is 2.62 bits per heavy atom. The van der Waals surface area contributed by atoms with E-state index < -0.39 is 0 Å². The van der Waals surface area contributed by atoms with Crippen molar-refractivity contribution in [2.24, 2.45) is 0 Å². The van der Waals surface area contributed by atoms with Gasteiger partial charge in [-0.3, -0.25) is 9.69 Å². The molecular weight excluding hydrogens is 306 g/mol. The Balaban J connectivity index is 2.00. The molecule has 0 N–H and O–H groups in total. The van der Waals surface area contributed by atoms with Gasteiger partial charge in [-0.15, -0.1) is 0 Å². The number of ether oxygens (including phenoxy) is 3. The number of hydrogen-bond donors (Lipinski definition) is 0. The molecule has 1 aliphatic carbocycles. The van der Waals surface area contributed by atoms with Gasteiger partial charge in [0.1, 0.15) is 5.76 Å². The molecule has 130 valence electrons. The summed E-state index contributed by atoms with van der Waals surface area (Å²) in [4.78, 5) is 13.6. The number of carbonyl (C=O) groups is 1. The zero-order valence-electron chi connectivity index (χ0n) is 14.8. The molecule has 2 atom stereocenters. The summed E-state index contributed by atoms with van der Waals surface area (Å²) < 4.78 is 16.2. The van der Waals surface area contributed by atoms with E-state index in [1.54, 1.807) is 14.2 Å². The van der Waals surface area contributed by atoms with Crippen LogP contribution in [0.3, 0.4) is 0 Å². The van der Waals surface area contributed by atoms with Crippen LogP contribution in [0.2, 0.25) is 0 Å². The van der Waals surface area contributed by atoms with Gasteiger partial charge in [0, 0.05) is 24.8 Å². The number of likely N-dealkylation sites (N-methyl/N-ethyl adjacent to an activating group) is 1. The fourth-order valence-electron chi connectivity index (χ4n) is 4.13. The highest BCUT2D eigenvalue weighted by Gasteiger charge is 2.48. The van der Waals surface area contributed by atoms with E-state index in [-0.39, 0.29) is 17.4 Å². The van der Waals surface area contributed by atoms with Crippen molar-refractivity contribution < 1.29 is 19.0 Å². The van der Waals surface area contributed by atoms with Crippen LogP contribution < -0.4 is 9.47 Å². The summed E-state index contributed by atoms with van der Waals surface area (Å²) in [5, 5.41) is 0. The van der Waals surface area contributed by atoms with E-state index in [4.69, 9.17) is 14.2 Å². The lowest BCUT2D eigenvalue weighted by atomic mass is 9.68. The summed E-state index contributed by atoms with van der Waals surface area (Å²) in [5.74, 6) is 2.04. The number of allylic oxidation sites excluding steroid dienone is 1. The van der Waals surface area contributed by atoms with Gasteiger partial charge >= 0.3 is 5.97 Å². The predicted octanol–water partition coefficient (Wildman–Crippen LogP) is 2.89. The van der Waals surface area contributed by atoms with Crippen LogP contribution in [0.25, 0.3) is 0 Å². The maximum Gasteiger partial charge on any atom is 0.307 e. The van der Waals surface area contributed by atoms with Crippen molar-refractivity contribution >= 4 is 5.97 Å². The summed E-state index contributed by atoms with van der Waals surface area (Å²) >= 11 is 0. The number of esters is 1. The number of benzene rings is 1. The van der Waals surface area contributed by atoms with Gasteiger partial charge in [0.05, 0.1) is 14.2 Å². The molecule has 1 aromatic carbocycles. The minimum Gasteiger partial charge on any atom is -0.493 e. The van der Waals surface area contributed by atoms with Crippen molar-refractivity contribution in [3.8, 4) is 11.5 Å². The number of likely N-dealkylation sites (tertiary alicyclic amines) is 1. The van der Waals surface area contributed by atoms with Crippen LogP contribution >= 0.6 is 0 Å². The van der Waals surface area contributed by atoms with E-state index in [1.807, 2.05) is 6.07 Å². The lowest BCUT2D eigenvalue weighted by Gasteiger charge is -2.40. The second-order valence-electron chi connectivity index (χ2n) is 6.63. The molecule has 2 aliphatic rings. The SMILES string of the molecule is COc1ccc([C@@]23CCC(OC(C)=O)=C[C@@H]2N(C)CC3)cc1OC. The maximum absolute atomic E-state index is 11.3. The van der Waals surface area contributed by atoms with Gasteiger partial charge in [-0.05, 0) is 50.2 Å². The number of hydrogen-bond acceptors (Lipinski definition) is 5. The zero-order chi connectivity index (χ0) is 17.3. The van der Waals surface area contributed by atoms with Crippen molar-refractivity contribution in [1.29, 1.82) is 0 Å². The second kappa shape index (κ2) is 6.48. The summed E-state index contributed by atoms with van der Waals surface area (Å²) in [7, 11) is 5.44. The number of carbonyl (C=O) groups excluding carboxylic acids is 1. The first-order chi connectivity index (χ1) is 11.5. The summed E-state index contributed by atoms with van der Waals surface area (Å²) in [5.41, 5.74) is 1.28. The van der Waals surface area contributed by atoms with Gasteiger partial charge in [0.15, 0.2) is 11.5 Å². The molecule has 0 aromatic heterocycles. The van der Waals surface area contributed by atoms with E-state index in [0.717, 1.165) is 43.1 Å². The molecular formula is C19H25NO4. The molecule has 0 saturated carbocycles. The molecule has 3 rings (SSSR count). The Labute approximate surface area is 143 Å². The normalized spacial score (nSPS) is 26.5. The molecule has 5 heteroatoms. The molecule has 0 spiro atoms. The highest BCUT2D eigenvalue weighted by Crippen LogP contribution is 2.49. The van der Waals surface area contributed by atoms with Crippen LogP contribution in [0.15, 0.2) is 30.0 Å². The Hall–Kier alpha value is -2.01. The number of methoxy groups -OCH3 is 2. The van der Waals surface area contributed by atoms with E-state index in [1.165, 1.54) is 12.5 Å². The topological polar surface area (TPSA) is 48.0 Å².